The Hall–Kier alpha value is -1.63. The molecule has 0 heterocycles. The molecule has 2 aromatic carbocycles. The molecule has 0 aliphatic heterocycles. The Morgan fingerprint density at radius 3 is 2.28 bits per heavy atom. The minimum Gasteiger partial charge on any atom is -0.356 e. The number of sulfone groups is 1. The lowest BCUT2D eigenvalue weighted by Crippen LogP contribution is -2.31. The van der Waals surface area contributed by atoms with Crippen molar-refractivity contribution in [3.63, 3.8) is 0 Å². The van der Waals surface area contributed by atoms with Crippen LogP contribution in [0.3, 0.4) is 0 Å². The van der Waals surface area contributed by atoms with Gasteiger partial charge in [-0.3, -0.25) is 0 Å². The van der Waals surface area contributed by atoms with Gasteiger partial charge in [0.05, 0.1) is 21.6 Å². The zero-order valence-corrected chi connectivity index (χ0v) is 16.9. The van der Waals surface area contributed by atoms with E-state index in [0.29, 0.717) is 15.0 Å². The Morgan fingerprint density at radius 2 is 1.76 bits per heavy atom. The van der Waals surface area contributed by atoms with Gasteiger partial charge in [-0.05, 0) is 67.9 Å². The first-order valence-electron chi connectivity index (χ1n) is 7.72. The van der Waals surface area contributed by atoms with Crippen LogP contribution in [0.2, 0.25) is 5.02 Å². The van der Waals surface area contributed by atoms with Crippen LogP contribution in [0, 0.1) is 13.8 Å². The van der Waals surface area contributed by atoms with Gasteiger partial charge in [-0.2, -0.15) is 0 Å². The molecule has 0 amide bonds. The third kappa shape index (κ3) is 5.17. The molecule has 4 nitrogen and oxygen atoms in total. The van der Waals surface area contributed by atoms with Crippen molar-refractivity contribution in [2.75, 3.05) is 11.6 Å². The molecule has 0 spiro atoms. The molecule has 0 fully saturated rings. The van der Waals surface area contributed by atoms with Crippen LogP contribution in [0.25, 0.3) is 0 Å². The van der Waals surface area contributed by atoms with Gasteiger partial charge in [0.15, 0.2) is 14.9 Å². The van der Waals surface area contributed by atoms with Crippen LogP contribution < -0.4 is 10.6 Å². The second-order valence-electron chi connectivity index (χ2n) is 6.10. The molecular weight excluding hydrogens is 376 g/mol. The van der Waals surface area contributed by atoms with E-state index in [-0.39, 0.29) is 6.04 Å². The first-order valence-corrected chi connectivity index (χ1v) is 10.4. The highest BCUT2D eigenvalue weighted by Crippen LogP contribution is 2.27. The Balaban J connectivity index is 2.08. The van der Waals surface area contributed by atoms with Crippen molar-refractivity contribution in [3.05, 3.63) is 58.1 Å². The van der Waals surface area contributed by atoms with Crippen LogP contribution in [0.4, 0.5) is 5.69 Å². The number of aryl methyl sites for hydroxylation is 2. The third-order valence-corrected chi connectivity index (χ3v) is 5.47. The summed E-state index contributed by atoms with van der Waals surface area (Å²) in [6.07, 6.45) is 1.19. The van der Waals surface area contributed by atoms with Crippen LogP contribution in [-0.2, 0) is 9.84 Å². The molecule has 134 valence electrons. The van der Waals surface area contributed by atoms with Gasteiger partial charge in [-0.25, -0.2) is 8.42 Å². The highest BCUT2D eigenvalue weighted by Gasteiger charge is 2.12. The fourth-order valence-corrected chi connectivity index (χ4v) is 3.79. The van der Waals surface area contributed by atoms with E-state index in [4.69, 9.17) is 23.8 Å². The Kier molecular flexibility index (Phi) is 6.08. The SMILES string of the molecule is Cc1cc(C)c(NC(=S)N[C@H](C)c2ccc(S(C)(=O)=O)cc2)c(Cl)c1. The topological polar surface area (TPSA) is 58.2 Å². The second kappa shape index (κ2) is 7.72. The minimum atomic E-state index is -3.20. The Morgan fingerprint density at radius 1 is 1.16 bits per heavy atom. The van der Waals surface area contributed by atoms with E-state index in [1.807, 2.05) is 32.9 Å². The highest BCUT2D eigenvalue weighted by molar-refractivity contribution is 7.90. The van der Waals surface area contributed by atoms with Crippen molar-refractivity contribution < 1.29 is 8.42 Å². The molecule has 0 aliphatic carbocycles. The van der Waals surface area contributed by atoms with Gasteiger partial charge in [-0.1, -0.05) is 29.8 Å². The summed E-state index contributed by atoms with van der Waals surface area (Å²) in [5.41, 5.74) is 3.82. The Bertz CT molecular complexity index is 871. The van der Waals surface area contributed by atoms with Gasteiger partial charge in [0.25, 0.3) is 0 Å². The van der Waals surface area contributed by atoms with Crippen molar-refractivity contribution in [2.24, 2.45) is 0 Å². The van der Waals surface area contributed by atoms with E-state index in [1.54, 1.807) is 24.3 Å². The lowest BCUT2D eigenvalue weighted by Gasteiger charge is -2.19. The number of halogens is 1. The fourth-order valence-electron chi connectivity index (χ4n) is 2.51. The van der Waals surface area contributed by atoms with Crippen LogP contribution in [0.5, 0.6) is 0 Å². The smallest absolute Gasteiger partial charge is 0.175 e. The van der Waals surface area contributed by atoms with E-state index in [0.717, 1.165) is 22.4 Å². The van der Waals surface area contributed by atoms with Gasteiger partial charge < -0.3 is 10.6 Å². The van der Waals surface area contributed by atoms with Crippen molar-refractivity contribution in [3.8, 4) is 0 Å². The number of hydrogen-bond donors (Lipinski definition) is 2. The molecule has 0 aromatic heterocycles. The lowest BCUT2D eigenvalue weighted by molar-refractivity contribution is 0.601. The third-order valence-electron chi connectivity index (χ3n) is 3.83. The summed E-state index contributed by atoms with van der Waals surface area (Å²) >= 11 is 11.7. The number of thiocarbonyl (C=S) groups is 1. The number of benzene rings is 2. The quantitative estimate of drug-likeness (QED) is 0.749. The molecule has 1 atom stereocenters. The number of rotatable bonds is 4. The summed E-state index contributed by atoms with van der Waals surface area (Å²) in [5, 5.41) is 7.39. The standard InChI is InChI=1S/C18H21ClN2O2S2/c1-11-9-12(2)17(16(19)10-11)21-18(24)20-13(3)14-5-7-15(8-6-14)25(4,22)23/h5-10,13H,1-4H3,(H2,20,21,24)/t13-/m1/s1. The maximum absolute atomic E-state index is 11.5. The molecule has 0 bridgehead atoms. The molecule has 0 saturated carbocycles. The van der Waals surface area contributed by atoms with Gasteiger partial charge >= 0.3 is 0 Å². The van der Waals surface area contributed by atoms with E-state index in [2.05, 4.69) is 10.6 Å². The summed E-state index contributed by atoms with van der Waals surface area (Å²) in [4.78, 5) is 0.297. The zero-order chi connectivity index (χ0) is 18.8. The highest BCUT2D eigenvalue weighted by atomic mass is 35.5. The van der Waals surface area contributed by atoms with E-state index < -0.39 is 9.84 Å². The molecule has 25 heavy (non-hydrogen) atoms. The number of hydrogen-bond acceptors (Lipinski definition) is 3. The largest absolute Gasteiger partial charge is 0.356 e. The predicted molar refractivity (Wildman–Crippen MR) is 108 cm³/mol. The summed E-state index contributed by atoms with van der Waals surface area (Å²) in [6, 6.07) is 10.6. The Labute approximate surface area is 159 Å². The molecule has 2 rings (SSSR count). The maximum atomic E-state index is 11.5. The van der Waals surface area contributed by atoms with Gasteiger partial charge in [-0.15, -0.1) is 0 Å². The average Bonchev–Trinajstić information content (AvgIpc) is 2.50. The van der Waals surface area contributed by atoms with E-state index in [9.17, 15) is 8.42 Å². The predicted octanol–water partition coefficient (Wildman–Crippen LogP) is 4.41. The number of nitrogens with one attached hydrogen (secondary N) is 2. The first-order chi connectivity index (χ1) is 11.6. The molecule has 0 saturated heterocycles. The van der Waals surface area contributed by atoms with Crippen molar-refractivity contribution in [1.29, 1.82) is 0 Å². The number of anilines is 1. The summed E-state index contributed by atoms with van der Waals surface area (Å²) in [5.74, 6) is 0. The molecular formula is C18H21ClN2O2S2. The first kappa shape index (κ1) is 19.7. The van der Waals surface area contributed by atoms with Crippen LogP contribution in [0.1, 0.15) is 29.7 Å². The van der Waals surface area contributed by atoms with Crippen LogP contribution >= 0.6 is 23.8 Å². The van der Waals surface area contributed by atoms with Crippen LogP contribution in [-0.4, -0.2) is 19.8 Å². The lowest BCUT2D eigenvalue weighted by atomic mass is 10.1. The maximum Gasteiger partial charge on any atom is 0.175 e. The van der Waals surface area contributed by atoms with Gasteiger partial charge in [0.2, 0.25) is 0 Å². The molecule has 0 unspecified atom stereocenters. The average molecular weight is 397 g/mol. The molecule has 0 aliphatic rings. The van der Waals surface area contributed by atoms with Gasteiger partial charge in [0, 0.05) is 6.26 Å². The molecule has 2 aromatic rings. The molecule has 0 radical (unpaired) electrons. The van der Waals surface area contributed by atoms with Crippen molar-refractivity contribution >= 4 is 44.5 Å². The zero-order valence-electron chi connectivity index (χ0n) is 14.6. The second-order valence-corrected chi connectivity index (χ2v) is 8.93. The normalized spacial score (nSPS) is 12.5. The molecule has 7 heteroatoms. The summed E-state index contributed by atoms with van der Waals surface area (Å²) in [6.45, 7) is 5.91. The van der Waals surface area contributed by atoms with Crippen LogP contribution in [0.15, 0.2) is 41.3 Å². The van der Waals surface area contributed by atoms with Crippen molar-refractivity contribution in [2.45, 2.75) is 31.7 Å². The fraction of sp³-hybridized carbons (Fsp3) is 0.278. The summed E-state index contributed by atoms with van der Waals surface area (Å²) in [7, 11) is -3.20. The van der Waals surface area contributed by atoms with E-state index in [1.165, 1.54) is 6.26 Å². The van der Waals surface area contributed by atoms with E-state index >= 15 is 0 Å². The molecule has 2 N–H and O–H groups in total. The van der Waals surface area contributed by atoms with Crippen molar-refractivity contribution in [1.82, 2.24) is 5.32 Å². The monoisotopic (exact) mass is 396 g/mol. The summed E-state index contributed by atoms with van der Waals surface area (Å²) < 4.78 is 23.0. The minimum absolute atomic E-state index is 0.0851. The van der Waals surface area contributed by atoms with Gasteiger partial charge in [0.1, 0.15) is 0 Å².